The van der Waals surface area contributed by atoms with Crippen molar-refractivity contribution >= 4 is 23.4 Å². The number of carbonyl (C=O) groups is 3. The number of ether oxygens (including phenoxy) is 2. The van der Waals surface area contributed by atoms with Gasteiger partial charge in [0.15, 0.2) is 11.5 Å². The molecule has 0 saturated carbocycles. The van der Waals surface area contributed by atoms with Gasteiger partial charge in [-0.3, -0.25) is 24.3 Å². The van der Waals surface area contributed by atoms with Gasteiger partial charge >= 0.3 is 0 Å². The molecular weight excluding hydrogens is 530 g/mol. The van der Waals surface area contributed by atoms with Crippen LogP contribution in [0, 0.1) is 0 Å². The Morgan fingerprint density at radius 1 is 0.833 bits per heavy atom. The van der Waals surface area contributed by atoms with E-state index in [0.717, 1.165) is 18.4 Å². The van der Waals surface area contributed by atoms with Gasteiger partial charge in [-0.25, -0.2) is 0 Å². The van der Waals surface area contributed by atoms with Crippen LogP contribution in [0.5, 0.6) is 11.5 Å². The van der Waals surface area contributed by atoms with Gasteiger partial charge in [-0.2, -0.15) is 0 Å². The van der Waals surface area contributed by atoms with Crippen molar-refractivity contribution in [3.63, 3.8) is 0 Å². The third-order valence-corrected chi connectivity index (χ3v) is 8.00. The van der Waals surface area contributed by atoms with Gasteiger partial charge in [-0.1, -0.05) is 42.5 Å². The van der Waals surface area contributed by atoms with Gasteiger partial charge in [-0.05, 0) is 67.6 Å². The first-order valence-corrected chi connectivity index (χ1v) is 14.0. The molecular formula is C34H31N3O5. The molecule has 2 aliphatic heterocycles. The van der Waals surface area contributed by atoms with Crippen molar-refractivity contribution in [2.75, 3.05) is 12.0 Å². The molecule has 4 aromatic rings. The summed E-state index contributed by atoms with van der Waals surface area (Å²) >= 11 is 0. The van der Waals surface area contributed by atoms with Crippen LogP contribution in [0.25, 0.3) is 0 Å². The number of anilines is 1. The fourth-order valence-electron chi connectivity index (χ4n) is 5.61. The fraction of sp³-hybridized carbons (Fsp3) is 0.235. The predicted octanol–water partition coefficient (Wildman–Crippen LogP) is 6.01. The maximum atomic E-state index is 13.6. The summed E-state index contributed by atoms with van der Waals surface area (Å²) < 4.78 is 11.8. The van der Waals surface area contributed by atoms with Crippen molar-refractivity contribution in [2.24, 2.45) is 0 Å². The summed E-state index contributed by atoms with van der Waals surface area (Å²) in [4.78, 5) is 46.6. The summed E-state index contributed by atoms with van der Waals surface area (Å²) in [7, 11) is 1.60. The van der Waals surface area contributed by atoms with Gasteiger partial charge < -0.3 is 14.4 Å². The smallest absolute Gasteiger partial charge is 0.263 e. The summed E-state index contributed by atoms with van der Waals surface area (Å²) in [5.74, 6) is 0.282. The first-order chi connectivity index (χ1) is 20.4. The van der Waals surface area contributed by atoms with Gasteiger partial charge in [0.1, 0.15) is 0 Å². The van der Waals surface area contributed by atoms with E-state index in [-0.39, 0.29) is 23.8 Å². The number of rotatable bonds is 9. The van der Waals surface area contributed by atoms with Crippen molar-refractivity contribution in [1.29, 1.82) is 0 Å². The van der Waals surface area contributed by atoms with E-state index in [1.54, 1.807) is 31.1 Å². The Morgan fingerprint density at radius 2 is 1.62 bits per heavy atom. The Kier molecular flexibility index (Phi) is 7.20. The number of methoxy groups -OCH3 is 1. The van der Waals surface area contributed by atoms with Crippen LogP contribution >= 0.6 is 0 Å². The molecule has 3 aromatic carbocycles. The van der Waals surface area contributed by atoms with Crippen LogP contribution in [-0.4, -0.2) is 40.8 Å². The first kappa shape index (κ1) is 27.2. The highest BCUT2D eigenvalue weighted by Crippen LogP contribution is 2.38. The molecule has 6 rings (SSSR count). The lowest BCUT2D eigenvalue weighted by Gasteiger charge is -2.23. The Morgan fingerprint density at radius 3 is 2.38 bits per heavy atom. The van der Waals surface area contributed by atoms with E-state index in [4.69, 9.17) is 9.47 Å². The minimum absolute atomic E-state index is 0.0668. The highest BCUT2D eigenvalue weighted by molar-refractivity contribution is 6.21. The number of aromatic nitrogens is 1. The molecule has 3 amide bonds. The average Bonchev–Trinajstić information content (AvgIpc) is 3.48. The topological polar surface area (TPSA) is 89.0 Å². The maximum Gasteiger partial charge on any atom is 0.263 e. The van der Waals surface area contributed by atoms with Crippen LogP contribution in [0.15, 0.2) is 85.2 Å². The first-order valence-electron chi connectivity index (χ1n) is 14.0. The summed E-state index contributed by atoms with van der Waals surface area (Å²) in [5, 5.41) is 0. The van der Waals surface area contributed by atoms with Crippen LogP contribution in [0.2, 0.25) is 0 Å². The molecule has 0 fully saturated rings. The lowest BCUT2D eigenvalue weighted by atomic mass is 10.0. The van der Waals surface area contributed by atoms with Crippen LogP contribution in [-0.2, 0) is 13.0 Å². The molecule has 2 atom stereocenters. The quantitative estimate of drug-likeness (QED) is 0.233. The van der Waals surface area contributed by atoms with Crippen molar-refractivity contribution in [3.05, 3.63) is 119 Å². The molecule has 0 N–H and O–H groups in total. The number of fused-ring (bicyclic) bond motifs is 2. The molecule has 8 heteroatoms. The molecule has 2 unspecified atom stereocenters. The van der Waals surface area contributed by atoms with E-state index in [9.17, 15) is 14.4 Å². The van der Waals surface area contributed by atoms with Crippen LogP contribution in [0.1, 0.15) is 74.1 Å². The number of amides is 3. The Balaban J connectivity index is 1.19. The van der Waals surface area contributed by atoms with Gasteiger partial charge in [0, 0.05) is 29.7 Å². The third kappa shape index (κ3) is 4.89. The van der Waals surface area contributed by atoms with Crippen LogP contribution in [0.3, 0.4) is 0 Å². The summed E-state index contributed by atoms with van der Waals surface area (Å²) in [6, 6.07) is 22.4. The normalized spacial score (nSPS) is 15.5. The number of nitrogens with zero attached hydrogens (tertiary/aromatic N) is 3. The molecule has 0 saturated heterocycles. The number of carbonyl (C=O) groups excluding carboxylic acids is 3. The van der Waals surface area contributed by atoms with Gasteiger partial charge in [-0.15, -0.1) is 0 Å². The minimum atomic E-state index is -0.553. The van der Waals surface area contributed by atoms with Gasteiger partial charge in [0.05, 0.1) is 36.9 Å². The molecule has 0 spiro atoms. The molecule has 0 radical (unpaired) electrons. The molecule has 0 aliphatic carbocycles. The van der Waals surface area contributed by atoms with Crippen molar-refractivity contribution in [1.82, 2.24) is 9.88 Å². The number of pyridine rings is 1. The van der Waals surface area contributed by atoms with E-state index in [1.165, 1.54) is 22.9 Å². The molecule has 2 aliphatic rings. The fourth-order valence-corrected chi connectivity index (χ4v) is 5.61. The van der Waals surface area contributed by atoms with E-state index in [1.807, 2.05) is 55.5 Å². The van der Waals surface area contributed by atoms with Crippen molar-refractivity contribution in [3.8, 4) is 11.5 Å². The highest BCUT2D eigenvalue weighted by atomic mass is 16.5. The zero-order valence-corrected chi connectivity index (χ0v) is 23.7. The maximum absolute atomic E-state index is 13.6. The molecule has 0 bridgehead atoms. The van der Waals surface area contributed by atoms with E-state index < -0.39 is 6.04 Å². The van der Waals surface area contributed by atoms with Crippen molar-refractivity contribution in [2.45, 2.75) is 45.4 Å². The Bertz CT molecular complexity index is 1650. The van der Waals surface area contributed by atoms with Gasteiger partial charge in [0.25, 0.3) is 17.7 Å². The zero-order chi connectivity index (χ0) is 29.4. The summed E-state index contributed by atoms with van der Waals surface area (Å²) in [5.41, 5.74) is 4.72. The average molecular weight is 562 g/mol. The Labute approximate surface area is 244 Å². The number of aryl methyl sites for hydroxylation is 1. The minimum Gasteiger partial charge on any atom is -0.493 e. The Hall–Kier alpha value is -4.98. The van der Waals surface area contributed by atoms with E-state index in [0.29, 0.717) is 46.0 Å². The summed E-state index contributed by atoms with van der Waals surface area (Å²) in [6.45, 7) is 4.22. The lowest BCUT2D eigenvalue weighted by molar-refractivity contribution is 0.0595. The molecule has 42 heavy (non-hydrogen) atoms. The second-order valence-corrected chi connectivity index (χ2v) is 10.7. The number of hydrogen-bond acceptors (Lipinski definition) is 6. The van der Waals surface area contributed by atoms with E-state index in [2.05, 4.69) is 17.1 Å². The SMILES string of the molecule is COc1ccc(N2Cc3ccc(C(C)N4C(=O)c5ccncc5C4=O)cc3C2=O)cc1OC(C)CCc1ccccc1. The highest BCUT2D eigenvalue weighted by Gasteiger charge is 2.39. The zero-order valence-electron chi connectivity index (χ0n) is 23.7. The van der Waals surface area contributed by atoms with Crippen LogP contribution < -0.4 is 14.4 Å². The van der Waals surface area contributed by atoms with Crippen LogP contribution in [0.4, 0.5) is 5.69 Å². The van der Waals surface area contributed by atoms with Crippen molar-refractivity contribution < 1.29 is 23.9 Å². The molecule has 1 aromatic heterocycles. The standard InChI is InChI=1S/C34H31N3O5/c1-21(9-10-23-7-5-4-6-8-23)42-31-18-26(13-14-30(31)41-3)36-20-25-12-11-24(17-28(25)32(36)38)22(2)37-33(39)27-15-16-35-19-29(27)34(37)40/h4-8,11-19,21-22H,9-10,20H2,1-3H3. The largest absolute Gasteiger partial charge is 0.493 e. The molecule has 212 valence electrons. The summed E-state index contributed by atoms with van der Waals surface area (Å²) in [6.07, 6.45) is 4.58. The monoisotopic (exact) mass is 561 g/mol. The van der Waals surface area contributed by atoms with Gasteiger partial charge in [0.2, 0.25) is 0 Å². The number of hydrogen-bond donors (Lipinski definition) is 0. The second kappa shape index (κ2) is 11.1. The predicted molar refractivity (Wildman–Crippen MR) is 158 cm³/mol. The number of imide groups is 1. The second-order valence-electron chi connectivity index (χ2n) is 10.7. The van der Waals surface area contributed by atoms with E-state index >= 15 is 0 Å². The molecule has 8 nitrogen and oxygen atoms in total. The third-order valence-electron chi connectivity index (χ3n) is 8.00. The molecule has 3 heterocycles. The number of benzene rings is 3. The lowest BCUT2D eigenvalue weighted by Crippen LogP contribution is -2.32.